The molecule has 0 aromatic carbocycles. The topological polar surface area (TPSA) is 52.5 Å². The van der Waals surface area contributed by atoms with Gasteiger partial charge in [-0.1, -0.05) is 0 Å². The third-order valence-electron chi connectivity index (χ3n) is 2.12. The van der Waals surface area contributed by atoms with Gasteiger partial charge in [0, 0.05) is 0 Å². The Labute approximate surface area is 73.2 Å². The lowest BCUT2D eigenvalue weighted by Gasteiger charge is -2.25. The molecule has 1 heterocycles. The Balaban J connectivity index is 0.000001000. The molecule has 0 amide bonds. The van der Waals surface area contributed by atoms with Crippen LogP contribution in [0.15, 0.2) is 0 Å². The van der Waals surface area contributed by atoms with E-state index in [0.29, 0.717) is 5.92 Å². The third kappa shape index (κ3) is 3.38. The minimum atomic E-state index is -0.498. The van der Waals surface area contributed by atoms with Crippen LogP contribution in [0.4, 0.5) is 0 Å². The number of aliphatic hydroxyl groups is 2. The molecular weight excluding hydrogens is 166 g/mol. The first-order chi connectivity index (χ1) is 4.84. The molecule has 0 radical (unpaired) electrons. The molecule has 3 N–H and O–H groups in total. The van der Waals surface area contributed by atoms with Crippen LogP contribution in [-0.2, 0) is 0 Å². The lowest BCUT2D eigenvalue weighted by atomic mass is 9.93. The highest BCUT2D eigenvalue weighted by Crippen LogP contribution is 2.15. The molecule has 1 aliphatic rings. The summed E-state index contributed by atoms with van der Waals surface area (Å²) < 4.78 is 0. The van der Waals surface area contributed by atoms with E-state index in [0.717, 1.165) is 25.9 Å². The molecule has 1 rings (SSSR count). The van der Waals surface area contributed by atoms with Crippen molar-refractivity contribution in [1.29, 1.82) is 0 Å². The van der Waals surface area contributed by atoms with Gasteiger partial charge in [-0.3, -0.25) is 0 Å². The maximum Gasteiger partial charge on any atom is 0.0799 e. The number of piperidine rings is 1. The van der Waals surface area contributed by atoms with Crippen LogP contribution in [0.25, 0.3) is 0 Å². The predicted molar refractivity (Wildman–Crippen MR) is 45.9 cm³/mol. The molecule has 0 aromatic rings. The van der Waals surface area contributed by atoms with Crippen molar-refractivity contribution in [3.63, 3.8) is 0 Å². The molecule has 1 unspecified atom stereocenters. The minimum absolute atomic E-state index is 0. The molecule has 0 aromatic heterocycles. The molecule has 0 saturated carbocycles. The highest BCUT2D eigenvalue weighted by molar-refractivity contribution is 5.85. The van der Waals surface area contributed by atoms with Crippen LogP contribution in [0.2, 0.25) is 0 Å². The van der Waals surface area contributed by atoms with Gasteiger partial charge in [0.05, 0.1) is 12.7 Å². The molecule has 0 spiro atoms. The van der Waals surface area contributed by atoms with E-state index in [2.05, 4.69) is 5.32 Å². The van der Waals surface area contributed by atoms with Crippen LogP contribution in [0.3, 0.4) is 0 Å². The number of aliphatic hydroxyl groups excluding tert-OH is 2. The van der Waals surface area contributed by atoms with E-state index < -0.39 is 6.10 Å². The van der Waals surface area contributed by atoms with Crippen LogP contribution in [0, 0.1) is 5.92 Å². The molecule has 1 saturated heterocycles. The molecule has 68 valence electrons. The van der Waals surface area contributed by atoms with Gasteiger partial charge >= 0.3 is 0 Å². The highest BCUT2D eigenvalue weighted by Gasteiger charge is 2.19. The van der Waals surface area contributed by atoms with Crippen molar-refractivity contribution in [2.45, 2.75) is 18.9 Å². The van der Waals surface area contributed by atoms with E-state index in [1.54, 1.807) is 0 Å². The number of hydrogen-bond acceptors (Lipinski definition) is 3. The summed E-state index contributed by atoms with van der Waals surface area (Å²) in [7, 11) is 0. The maximum absolute atomic E-state index is 9.20. The van der Waals surface area contributed by atoms with Crippen molar-refractivity contribution in [3.05, 3.63) is 0 Å². The Bertz CT molecular complexity index is 96.4. The normalized spacial score (nSPS) is 22.4. The smallest absolute Gasteiger partial charge is 0.0799 e. The molecule has 4 heteroatoms. The molecular formula is C7H16ClNO2. The van der Waals surface area contributed by atoms with Crippen LogP contribution in [0.5, 0.6) is 0 Å². The molecule has 0 aliphatic carbocycles. The van der Waals surface area contributed by atoms with Crippen molar-refractivity contribution < 1.29 is 10.2 Å². The highest BCUT2D eigenvalue weighted by atomic mass is 35.5. The summed E-state index contributed by atoms with van der Waals surface area (Å²) in [6, 6.07) is 0. The molecule has 11 heavy (non-hydrogen) atoms. The SMILES string of the molecule is Cl.OCC(O)C1CCNCC1. The Morgan fingerprint density at radius 3 is 2.36 bits per heavy atom. The molecule has 3 nitrogen and oxygen atoms in total. The summed E-state index contributed by atoms with van der Waals surface area (Å²) >= 11 is 0. The van der Waals surface area contributed by atoms with Gasteiger partial charge in [0.1, 0.15) is 0 Å². The van der Waals surface area contributed by atoms with Crippen molar-refractivity contribution in [2.24, 2.45) is 5.92 Å². The molecule has 1 atom stereocenters. The predicted octanol–water partition coefficient (Wildman–Crippen LogP) is -0.239. The fourth-order valence-electron chi connectivity index (χ4n) is 1.38. The largest absolute Gasteiger partial charge is 0.394 e. The van der Waals surface area contributed by atoms with Gasteiger partial charge in [-0.25, -0.2) is 0 Å². The number of halogens is 1. The molecule has 0 bridgehead atoms. The second-order valence-electron chi connectivity index (χ2n) is 2.84. The third-order valence-corrected chi connectivity index (χ3v) is 2.12. The summed E-state index contributed by atoms with van der Waals surface area (Å²) in [4.78, 5) is 0. The van der Waals surface area contributed by atoms with Crippen LogP contribution >= 0.6 is 12.4 Å². The van der Waals surface area contributed by atoms with E-state index in [9.17, 15) is 5.11 Å². The summed E-state index contributed by atoms with van der Waals surface area (Å²) in [5, 5.41) is 21.0. The van der Waals surface area contributed by atoms with Gasteiger partial charge in [-0.15, -0.1) is 12.4 Å². The zero-order chi connectivity index (χ0) is 7.40. The summed E-state index contributed by atoms with van der Waals surface area (Å²) in [5.74, 6) is 0.311. The van der Waals surface area contributed by atoms with Gasteiger partial charge in [-0.2, -0.15) is 0 Å². The number of nitrogens with one attached hydrogen (secondary N) is 1. The average Bonchev–Trinajstić information content (AvgIpc) is 2.05. The second kappa shape index (κ2) is 5.77. The van der Waals surface area contributed by atoms with E-state index in [4.69, 9.17) is 5.11 Å². The van der Waals surface area contributed by atoms with Crippen LogP contribution in [-0.4, -0.2) is 36.0 Å². The van der Waals surface area contributed by atoms with Gasteiger partial charge in [0.25, 0.3) is 0 Å². The van der Waals surface area contributed by atoms with Crippen LogP contribution in [0.1, 0.15) is 12.8 Å². The summed E-state index contributed by atoms with van der Waals surface area (Å²) in [6.45, 7) is 1.86. The van der Waals surface area contributed by atoms with Gasteiger partial charge in [-0.05, 0) is 31.8 Å². The fourth-order valence-corrected chi connectivity index (χ4v) is 1.38. The van der Waals surface area contributed by atoms with Gasteiger partial charge < -0.3 is 15.5 Å². The van der Waals surface area contributed by atoms with E-state index in [1.807, 2.05) is 0 Å². The van der Waals surface area contributed by atoms with Crippen LogP contribution < -0.4 is 5.32 Å². The Morgan fingerprint density at radius 1 is 1.36 bits per heavy atom. The lowest BCUT2D eigenvalue weighted by Crippen LogP contribution is -2.35. The molecule has 1 aliphatic heterocycles. The first-order valence-corrected chi connectivity index (χ1v) is 3.84. The van der Waals surface area contributed by atoms with E-state index in [1.165, 1.54) is 0 Å². The van der Waals surface area contributed by atoms with Crippen molar-refractivity contribution in [3.8, 4) is 0 Å². The Morgan fingerprint density at radius 2 is 1.91 bits per heavy atom. The second-order valence-corrected chi connectivity index (χ2v) is 2.84. The average molecular weight is 182 g/mol. The van der Waals surface area contributed by atoms with E-state index >= 15 is 0 Å². The summed E-state index contributed by atoms with van der Waals surface area (Å²) in [6.07, 6.45) is 1.48. The number of hydrogen-bond donors (Lipinski definition) is 3. The Hall–Kier alpha value is 0.170. The maximum atomic E-state index is 9.20. The summed E-state index contributed by atoms with van der Waals surface area (Å²) in [5.41, 5.74) is 0. The Kier molecular flexibility index (Phi) is 5.86. The van der Waals surface area contributed by atoms with Gasteiger partial charge in [0.2, 0.25) is 0 Å². The van der Waals surface area contributed by atoms with E-state index in [-0.39, 0.29) is 19.0 Å². The fraction of sp³-hybridized carbons (Fsp3) is 1.00. The monoisotopic (exact) mass is 181 g/mol. The van der Waals surface area contributed by atoms with Gasteiger partial charge in [0.15, 0.2) is 0 Å². The first kappa shape index (κ1) is 11.2. The zero-order valence-corrected chi connectivity index (χ0v) is 7.31. The van der Waals surface area contributed by atoms with Crippen molar-refractivity contribution in [2.75, 3.05) is 19.7 Å². The quantitative estimate of drug-likeness (QED) is 0.551. The lowest BCUT2D eigenvalue weighted by molar-refractivity contribution is 0.0352. The molecule has 1 fully saturated rings. The minimum Gasteiger partial charge on any atom is -0.394 e. The van der Waals surface area contributed by atoms with Crippen molar-refractivity contribution >= 4 is 12.4 Å². The first-order valence-electron chi connectivity index (χ1n) is 3.84. The standard InChI is InChI=1S/C7H15NO2.ClH/c9-5-7(10)6-1-3-8-4-2-6;/h6-10H,1-5H2;1H. The zero-order valence-electron chi connectivity index (χ0n) is 6.49. The van der Waals surface area contributed by atoms with Crippen molar-refractivity contribution in [1.82, 2.24) is 5.32 Å². The number of rotatable bonds is 2.